The number of likely N-dealkylation sites (N-methyl/N-ethyl adjacent to an activating group) is 1. The number of quaternary nitrogens is 1. The Kier molecular flexibility index (Phi) is 7.48. The quantitative estimate of drug-likeness (QED) is 0.518. The molecule has 8 heteroatoms. The summed E-state index contributed by atoms with van der Waals surface area (Å²) in [6.45, 7) is 2.61. The Morgan fingerprint density at radius 3 is 2.26 bits per heavy atom. The highest BCUT2D eigenvalue weighted by atomic mass is 32.2. The van der Waals surface area contributed by atoms with E-state index < -0.39 is 10.0 Å². The molecular weight excluding hydrogens is 430 g/mol. The van der Waals surface area contributed by atoms with Gasteiger partial charge in [0, 0.05) is 12.1 Å². The third-order valence-electron chi connectivity index (χ3n) is 5.09. The Morgan fingerprint density at radius 1 is 1.03 bits per heavy atom. The van der Waals surface area contributed by atoms with Gasteiger partial charge in [0.1, 0.15) is 6.04 Å². The number of amides is 1. The Morgan fingerprint density at radius 2 is 1.71 bits per heavy atom. The van der Waals surface area contributed by atoms with E-state index in [2.05, 4.69) is 25.5 Å². The maximum Gasteiger partial charge on any atom is 0.264 e. The van der Waals surface area contributed by atoms with Crippen molar-refractivity contribution in [2.24, 2.45) is 0 Å². The lowest BCUT2D eigenvalue weighted by Crippen LogP contribution is -3.06. The van der Waals surface area contributed by atoms with E-state index in [4.69, 9.17) is 0 Å². The topological polar surface area (TPSA) is 70.9 Å². The molecule has 0 bridgehead atoms. The van der Waals surface area contributed by atoms with Crippen molar-refractivity contribution in [2.45, 2.75) is 17.9 Å². The number of anilines is 1. The summed E-state index contributed by atoms with van der Waals surface area (Å²) in [6, 6.07) is 19.3. The zero-order chi connectivity index (χ0) is 22.4. The van der Waals surface area contributed by atoms with E-state index in [9.17, 15) is 13.2 Å². The summed E-state index contributed by atoms with van der Waals surface area (Å²) in [6.07, 6.45) is 0. The van der Waals surface area contributed by atoms with Crippen molar-refractivity contribution in [1.82, 2.24) is 5.32 Å². The molecule has 0 fully saturated rings. The molecule has 0 saturated heterocycles. The monoisotopic (exact) mass is 458 g/mol. The number of nitrogens with zero attached hydrogens (tertiary/aromatic N) is 1. The van der Waals surface area contributed by atoms with Gasteiger partial charge in [-0.05, 0) is 54.8 Å². The number of hydrogen-bond donors (Lipinski definition) is 2. The fourth-order valence-electron chi connectivity index (χ4n) is 3.37. The van der Waals surface area contributed by atoms with E-state index in [1.807, 2.05) is 17.5 Å². The summed E-state index contributed by atoms with van der Waals surface area (Å²) < 4.78 is 27.5. The van der Waals surface area contributed by atoms with Gasteiger partial charge >= 0.3 is 0 Å². The van der Waals surface area contributed by atoms with E-state index in [0.29, 0.717) is 24.3 Å². The van der Waals surface area contributed by atoms with Gasteiger partial charge in [-0.3, -0.25) is 9.10 Å². The van der Waals surface area contributed by atoms with Gasteiger partial charge in [-0.15, -0.1) is 11.3 Å². The summed E-state index contributed by atoms with van der Waals surface area (Å²) in [5.74, 6) is -0.220. The molecule has 0 aliphatic carbocycles. The fraction of sp³-hybridized carbons (Fsp3) is 0.261. The molecule has 0 unspecified atom stereocenters. The molecule has 2 aromatic carbocycles. The van der Waals surface area contributed by atoms with Gasteiger partial charge in [-0.25, -0.2) is 8.42 Å². The van der Waals surface area contributed by atoms with Crippen LogP contribution in [0.1, 0.15) is 28.2 Å². The second kappa shape index (κ2) is 10.1. The SMILES string of the molecule is CCN(c1ccccc1)S(=O)(=O)c1ccc(C(=O)NC[C@H](c2cccs2)[NH+](C)C)cc1. The number of sulfonamides is 1. The van der Waals surface area contributed by atoms with Gasteiger partial charge in [0.05, 0.1) is 36.1 Å². The van der Waals surface area contributed by atoms with Crippen LogP contribution in [-0.2, 0) is 10.0 Å². The highest BCUT2D eigenvalue weighted by Crippen LogP contribution is 2.23. The third kappa shape index (κ3) is 5.33. The van der Waals surface area contributed by atoms with Crippen LogP contribution in [0.3, 0.4) is 0 Å². The number of hydrogen-bond acceptors (Lipinski definition) is 4. The second-order valence-electron chi connectivity index (χ2n) is 7.39. The number of nitrogens with one attached hydrogen (secondary N) is 2. The Labute approximate surface area is 188 Å². The summed E-state index contributed by atoms with van der Waals surface area (Å²) in [5.41, 5.74) is 1.04. The normalized spacial score (nSPS) is 12.5. The van der Waals surface area contributed by atoms with E-state index in [-0.39, 0.29) is 16.8 Å². The van der Waals surface area contributed by atoms with Crippen molar-refractivity contribution in [3.63, 3.8) is 0 Å². The number of carbonyl (C=O) groups is 1. The minimum absolute atomic E-state index is 0.156. The van der Waals surface area contributed by atoms with Crippen LogP contribution in [0.2, 0.25) is 0 Å². The van der Waals surface area contributed by atoms with Crippen molar-refractivity contribution >= 4 is 33.0 Å². The van der Waals surface area contributed by atoms with Crippen LogP contribution in [0.15, 0.2) is 77.0 Å². The smallest absolute Gasteiger partial charge is 0.264 e. The van der Waals surface area contributed by atoms with Crippen molar-refractivity contribution < 1.29 is 18.1 Å². The molecule has 164 valence electrons. The molecule has 0 radical (unpaired) electrons. The molecule has 0 aliphatic rings. The van der Waals surface area contributed by atoms with Gasteiger partial charge in [0.15, 0.2) is 0 Å². The first-order chi connectivity index (χ1) is 14.8. The summed E-state index contributed by atoms with van der Waals surface area (Å²) in [5, 5.41) is 5.00. The number of carbonyl (C=O) groups excluding carboxylic acids is 1. The van der Waals surface area contributed by atoms with Gasteiger partial charge < -0.3 is 10.2 Å². The Bertz CT molecular complexity index is 1080. The zero-order valence-electron chi connectivity index (χ0n) is 17.9. The van der Waals surface area contributed by atoms with Gasteiger partial charge in [0.2, 0.25) is 0 Å². The molecule has 1 atom stereocenters. The molecule has 0 spiro atoms. The average molecular weight is 459 g/mol. The van der Waals surface area contributed by atoms with Gasteiger partial charge in [-0.1, -0.05) is 24.3 Å². The molecule has 1 amide bonds. The number of benzene rings is 2. The van der Waals surface area contributed by atoms with Crippen LogP contribution >= 0.6 is 11.3 Å². The number of para-hydroxylation sites is 1. The molecule has 3 rings (SSSR count). The highest BCUT2D eigenvalue weighted by molar-refractivity contribution is 7.92. The molecule has 31 heavy (non-hydrogen) atoms. The Balaban J connectivity index is 1.72. The highest BCUT2D eigenvalue weighted by Gasteiger charge is 2.24. The molecule has 0 aliphatic heterocycles. The van der Waals surface area contributed by atoms with Crippen molar-refractivity contribution in [3.8, 4) is 0 Å². The van der Waals surface area contributed by atoms with E-state index >= 15 is 0 Å². The molecule has 1 aromatic heterocycles. The van der Waals surface area contributed by atoms with Crippen LogP contribution in [0.25, 0.3) is 0 Å². The van der Waals surface area contributed by atoms with Gasteiger partial charge in [0.25, 0.3) is 15.9 Å². The fourth-order valence-corrected chi connectivity index (χ4v) is 5.80. The standard InChI is InChI=1S/C23H27N3O3S2/c1-4-26(19-9-6-5-7-10-19)31(28,29)20-14-12-18(13-15-20)23(27)24-17-21(25(2)3)22-11-8-16-30-22/h5-16,21H,4,17H2,1-3H3,(H,24,27)/p+1/t21-/m1/s1. The van der Waals surface area contributed by atoms with E-state index in [1.165, 1.54) is 26.2 Å². The van der Waals surface area contributed by atoms with E-state index in [0.717, 1.165) is 0 Å². The average Bonchev–Trinajstić information content (AvgIpc) is 3.29. The molecule has 1 heterocycles. The number of thiophene rings is 1. The van der Waals surface area contributed by atoms with Crippen molar-refractivity contribution in [3.05, 3.63) is 82.6 Å². The molecule has 6 nitrogen and oxygen atoms in total. The minimum atomic E-state index is -3.71. The molecule has 0 saturated carbocycles. The lowest BCUT2D eigenvalue weighted by Gasteiger charge is -2.23. The summed E-state index contributed by atoms with van der Waals surface area (Å²) >= 11 is 1.67. The van der Waals surface area contributed by atoms with Crippen LogP contribution in [0.5, 0.6) is 0 Å². The maximum absolute atomic E-state index is 13.1. The Hall–Kier alpha value is -2.68. The predicted molar refractivity (Wildman–Crippen MR) is 125 cm³/mol. The van der Waals surface area contributed by atoms with Crippen LogP contribution in [0.4, 0.5) is 5.69 Å². The van der Waals surface area contributed by atoms with Crippen LogP contribution in [0, 0.1) is 0 Å². The van der Waals surface area contributed by atoms with Crippen molar-refractivity contribution in [1.29, 1.82) is 0 Å². The second-order valence-corrected chi connectivity index (χ2v) is 10.2. The van der Waals surface area contributed by atoms with E-state index in [1.54, 1.807) is 54.7 Å². The van der Waals surface area contributed by atoms with Crippen LogP contribution in [-0.4, -0.2) is 41.5 Å². The summed E-state index contributed by atoms with van der Waals surface area (Å²) in [4.78, 5) is 15.2. The van der Waals surface area contributed by atoms with Gasteiger partial charge in [-0.2, -0.15) is 0 Å². The zero-order valence-corrected chi connectivity index (χ0v) is 19.5. The summed E-state index contributed by atoms with van der Waals surface area (Å²) in [7, 11) is 0.402. The predicted octanol–water partition coefficient (Wildman–Crippen LogP) is 2.58. The van der Waals surface area contributed by atoms with Crippen LogP contribution < -0.4 is 14.5 Å². The lowest BCUT2D eigenvalue weighted by atomic mass is 10.2. The first-order valence-electron chi connectivity index (χ1n) is 10.1. The first kappa shape index (κ1) is 23.0. The molecule has 2 N–H and O–H groups in total. The number of rotatable bonds is 9. The largest absolute Gasteiger partial charge is 0.346 e. The third-order valence-corrected chi connectivity index (χ3v) is 7.99. The minimum Gasteiger partial charge on any atom is -0.346 e. The maximum atomic E-state index is 13.1. The lowest BCUT2D eigenvalue weighted by molar-refractivity contribution is -0.890. The molecular formula is C23H28N3O3S2+. The molecule has 3 aromatic rings. The van der Waals surface area contributed by atoms with Crippen molar-refractivity contribution in [2.75, 3.05) is 31.5 Å². The first-order valence-corrected chi connectivity index (χ1v) is 12.5.